The van der Waals surface area contributed by atoms with Crippen LogP contribution in [0.15, 0.2) is 30.5 Å². The van der Waals surface area contributed by atoms with Gasteiger partial charge in [-0.25, -0.2) is 14.8 Å². The number of aliphatic hydroxyl groups excluding tert-OH is 2. The summed E-state index contributed by atoms with van der Waals surface area (Å²) in [5, 5.41) is 24.9. The topological polar surface area (TPSA) is 140 Å². The van der Waals surface area contributed by atoms with Gasteiger partial charge in [0.15, 0.2) is 11.6 Å². The first-order valence-corrected chi connectivity index (χ1v) is 11.1. The lowest BCUT2D eigenvalue weighted by Gasteiger charge is -2.51. The van der Waals surface area contributed by atoms with E-state index in [1.807, 2.05) is 24.0 Å². The Balaban J connectivity index is 1.74. The second kappa shape index (κ2) is 9.16. The number of benzene rings is 1. The summed E-state index contributed by atoms with van der Waals surface area (Å²) in [6.45, 7) is 4.24. The summed E-state index contributed by atoms with van der Waals surface area (Å²) in [7, 11) is 1.54. The van der Waals surface area contributed by atoms with Gasteiger partial charge in [-0.2, -0.15) is 0 Å². The summed E-state index contributed by atoms with van der Waals surface area (Å²) in [5.41, 5.74) is 0.0429. The average Bonchev–Trinajstić information content (AvgIpc) is 2.86. The van der Waals surface area contributed by atoms with E-state index >= 15 is 0 Å². The molecule has 0 aliphatic carbocycles. The van der Waals surface area contributed by atoms with Gasteiger partial charge in [-0.05, 0) is 31.2 Å². The van der Waals surface area contributed by atoms with Crippen LogP contribution in [0.1, 0.15) is 13.8 Å². The standard InChI is InChI=1S/C23H30N6O5/c1-22(12-30,13-31)11-28-17-10-25-18(15-4-6-16(7-5-15)26-21(33)24-3)27-19(17)29-8-9-34-14-23(29,2)20(28)32/h4-7,10,30-31H,8-9,11-14H2,1-3H3,(H2,24,26,33). The van der Waals surface area contributed by atoms with Crippen molar-refractivity contribution < 1.29 is 24.5 Å². The number of hydrogen-bond donors (Lipinski definition) is 4. The minimum atomic E-state index is -0.968. The van der Waals surface area contributed by atoms with Gasteiger partial charge in [-0.15, -0.1) is 0 Å². The molecule has 11 heteroatoms. The Hall–Kier alpha value is -3.28. The third-order valence-corrected chi connectivity index (χ3v) is 6.37. The number of rotatable bonds is 6. The molecule has 1 saturated heterocycles. The van der Waals surface area contributed by atoms with E-state index in [1.165, 1.54) is 0 Å². The molecule has 0 radical (unpaired) electrons. The maximum Gasteiger partial charge on any atom is 0.318 e. The van der Waals surface area contributed by atoms with Gasteiger partial charge in [0.2, 0.25) is 0 Å². The number of nitrogens with zero attached hydrogens (tertiary/aromatic N) is 4. The van der Waals surface area contributed by atoms with Crippen LogP contribution in [0.25, 0.3) is 11.4 Å². The average molecular weight is 471 g/mol. The summed E-state index contributed by atoms with van der Waals surface area (Å²) in [4.78, 5) is 38.0. The number of morpholine rings is 1. The predicted octanol–water partition coefficient (Wildman–Crippen LogP) is 0.828. The van der Waals surface area contributed by atoms with Crippen molar-refractivity contribution in [2.75, 3.05) is 61.7 Å². The largest absolute Gasteiger partial charge is 0.396 e. The number of ether oxygens (including phenoxy) is 1. The van der Waals surface area contributed by atoms with Crippen molar-refractivity contribution >= 4 is 29.1 Å². The van der Waals surface area contributed by atoms with E-state index < -0.39 is 11.0 Å². The molecule has 182 valence electrons. The highest BCUT2D eigenvalue weighted by Gasteiger charge is 2.51. The molecule has 0 bridgehead atoms. The minimum Gasteiger partial charge on any atom is -0.396 e. The molecule has 0 saturated carbocycles. The summed E-state index contributed by atoms with van der Waals surface area (Å²) in [5.74, 6) is 0.885. The second-order valence-corrected chi connectivity index (χ2v) is 9.18. The molecule has 1 atom stereocenters. The Bertz CT molecular complexity index is 1070. The highest BCUT2D eigenvalue weighted by atomic mass is 16.5. The first-order chi connectivity index (χ1) is 16.2. The van der Waals surface area contributed by atoms with Gasteiger partial charge < -0.3 is 35.4 Å². The number of amides is 3. The highest BCUT2D eigenvalue weighted by molar-refractivity contribution is 6.08. The zero-order chi connectivity index (χ0) is 24.5. The number of aromatic nitrogens is 2. The molecule has 0 spiro atoms. The Labute approximate surface area is 197 Å². The fourth-order valence-electron chi connectivity index (χ4n) is 4.15. The number of anilines is 3. The Kier molecular flexibility index (Phi) is 6.43. The normalized spacial score (nSPS) is 20.0. The Morgan fingerprint density at radius 3 is 2.62 bits per heavy atom. The summed E-state index contributed by atoms with van der Waals surface area (Å²) < 4.78 is 5.66. The molecule has 2 aliphatic rings. The molecule has 1 fully saturated rings. The zero-order valence-electron chi connectivity index (χ0n) is 19.5. The molecule has 3 amide bonds. The molecule has 4 rings (SSSR count). The van der Waals surface area contributed by atoms with E-state index in [0.29, 0.717) is 36.2 Å². The van der Waals surface area contributed by atoms with Crippen LogP contribution in [-0.2, 0) is 9.53 Å². The van der Waals surface area contributed by atoms with E-state index in [9.17, 15) is 19.8 Å². The monoisotopic (exact) mass is 470 g/mol. The van der Waals surface area contributed by atoms with Crippen LogP contribution < -0.4 is 20.4 Å². The fourth-order valence-corrected chi connectivity index (χ4v) is 4.15. The first-order valence-electron chi connectivity index (χ1n) is 11.1. The number of aliphatic hydroxyl groups is 2. The number of nitrogens with one attached hydrogen (secondary N) is 2. The van der Waals surface area contributed by atoms with Crippen molar-refractivity contribution in [1.82, 2.24) is 15.3 Å². The molecule has 1 aromatic heterocycles. The molecule has 1 unspecified atom stereocenters. The first kappa shape index (κ1) is 23.9. The molecule has 34 heavy (non-hydrogen) atoms. The molecular weight excluding hydrogens is 440 g/mol. The smallest absolute Gasteiger partial charge is 0.318 e. The number of carbonyl (C=O) groups excluding carboxylic acids is 2. The van der Waals surface area contributed by atoms with Crippen molar-refractivity contribution in [3.63, 3.8) is 0 Å². The number of carbonyl (C=O) groups is 2. The van der Waals surface area contributed by atoms with Crippen LogP contribution in [0.3, 0.4) is 0 Å². The summed E-state index contributed by atoms with van der Waals surface area (Å²) in [6.07, 6.45) is 1.61. The molecular formula is C23H30N6O5. The lowest BCUT2D eigenvalue weighted by molar-refractivity contribution is -0.128. The van der Waals surface area contributed by atoms with Gasteiger partial charge >= 0.3 is 6.03 Å². The molecule has 4 N–H and O–H groups in total. The van der Waals surface area contributed by atoms with Crippen LogP contribution in [-0.4, -0.2) is 84.2 Å². The maximum absolute atomic E-state index is 13.6. The lowest BCUT2D eigenvalue weighted by atomic mass is 9.88. The highest BCUT2D eigenvalue weighted by Crippen LogP contribution is 2.42. The van der Waals surface area contributed by atoms with Crippen molar-refractivity contribution in [2.24, 2.45) is 5.41 Å². The molecule has 11 nitrogen and oxygen atoms in total. The van der Waals surface area contributed by atoms with Crippen molar-refractivity contribution in [2.45, 2.75) is 19.4 Å². The Morgan fingerprint density at radius 2 is 1.97 bits per heavy atom. The third-order valence-electron chi connectivity index (χ3n) is 6.37. The maximum atomic E-state index is 13.6. The zero-order valence-corrected chi connectivity index (χ0v) is 19.5. The molecule has 2 aromatic rings. The summed E-state index contributed by atoms with van der Waals surface area (Å²) >= 11 is 0. The Morgan fingerprint density at radius 1 is 1.26 bits per heavy atom. The van der Waals surface area contributed by atoms with Gasteiger partial charge in [-0.3, -0.25) is 4.79 Å². The van der Waals surface area contributed by atoms with Crippen molar-refractivity contribution in [3.05, 3.63) is 30.5 Å². The van der Waals surface area contributed by atoms with Crippen LogP contribution in [0, 0.1) is 5.41 Å². The molecule has 1 aromatic carbocycles. The second-order valence-electron chi connectivity index (χ2n) is 9.18. The number of fused-ring (bicyclic) bond motifs is 3. The minimum absolute atomic E-state index is 0.109. The third kappa shape index (κ3) is 4.17. The van der Waals surface area contributed by atoms with Gasteiger partial charge in [0.05, 0.1) is 32.6 Å². The fraction of sp³-hybridized carbons (Fsp3) is 0.478. The number of urea groups is 1. The van der Waals surface area contributed by atoms with E-state index in [1.54, 1.807) is 37.2 Å². The SMILES string of the molecule is CNC(=O)Nc1ccc(-c2ncc3c(n2)N2CCOCC2(C)C(=O)N3CC(C)(CO)CO)cc1. The van der Waals surface area contributed by atoms with E-state index in [-0.39, 0.29) is 38.3 Å². The van der Waals surface area contributed by atoms with E-state index in [0.717, 1.165) is 5.56 Å². The molecule has 2 aliphatic heterocycles. The van der Waals surface area contributed by atoms with Gasteiger partial charge in [0, 0.05) is 36.8 Å². The quantitative estimate of drug-likeness (QED) is 0.487. The van der Waals surface area contributed by atoms with Crippen molar-refractivity contribution in [3.8, 4) is 11.4 Å². The number of hydrogen-bond acceptors (Lipinski definition) is 8. The van der Waals surface area contributed by atoms with Crippen LogP contribution in [0.2, 0.25) is 0 Å². The predicted molar refractivity (Wildman–Crippen MR) is 127 cm³/mol. The van der Waals surface area contributed by atoms with E-state index in [4.69, 9.17) is 9.72 Å². The van der Waals surface area contributed by atoms with Crippen LogP contribution >= 0.6 is 0 Å². The van der Waals surface area contributed by atoms with Crippen LogP contribution in [0.4, 0.5) is 22.0 Å². The van der Waals surface area contributed by atoms with Gasteiger partial charge in [0.25, 0.3) is 5.91 Å². The van der Waals surface area contributed by atoms with E-state index in [2.05, 4.69) is 15.6 Å². The lowest BCUT2D eigenvalue weighted by Crippen LogP contribution is -2.68. The van der Waals surface area contributed by atoms with Gasteiger partial charge in [-0.1, -0.05) is 6.92 Å². The van der Waals surface area contributed by atoms with Crippen LogP contribution in [0.5, 0.6) is 0 Å². The molecule has 3 heterocycles. The summed E-state index contributed by atoms with van der Waals surface area (Å²) in [6, 6.07) is 6.83. The van der Waals surface area contributed by atoms with Crippen molar-refractivity contribution in [1.29, 1.82) is 0 Å². The van der Waals surface area contributed by atoms with Gasteiger partial charge in [0.1, 0.15) is 11.2 Å².